The van der Waals surface area contributed by atoms with E-state index in [0.29, 0.717) is 5.54 Å². The predicted octanol–water partition coefficient (Wildman–Crippen LogP) is 1.83. The van der Waals surface area contributed by atoms with Gasteiger partial charge < -0.3 is 15.5 Å². The Hall–Kier alpha value is -0.770. The summed E-state index contributed by atoms with van der Waals surface area (Å²) in [6, 6.07) is 0. The van der Waals surface area contributed by atoms with Crippen molar-refractivity contribution < 1.29 is 0 Å². The molecule has 0 unspecified atom stereocenters. The fourth-order valence-electron chi connectivity index (χ4n) is 3.02. The van der Waals surface area contributed by atoms with Gasteiger partial charge in [-0.2, -0.15) is 0 Å². The maximum Gasteiger partial charge on any atom is 0.191 e. The van der Waals surface area contributed by atoms with Gasteiger partial charge in [-0.25, -0.2) is 0 Å². The molecule has 0 spiro atoms. The fourth-order valence-corrected chi connectivity index (χ4v) is 3.02. The van der Waals surface area contributed by atoms with Gasteiger partial charge in [0.2, 0.25) is 0 Å². The van der Waals surface area contributed by atoms with Crippen LogP contribution in [0.1, 0.15) is 44.9 Å². The van der Waals surface area contributed by atoms with Crippen molar-refractivity contribution in [2.24, 2.45) is 10.9 Å². The molecule has 0 radical (unpaired) electrons. The summed E-state index contributed by atoms with van der Waals surface area (Å²) in [6.45, 7) is 2.08. The number of nitrogens with one attached hydrogen (secondary N) is 2. The van der Waals surface area contributed by atoms with Crippen LogP contribution in [0.25, 0.3) is 0 Å². The minimum absolute atomic E-state index is 0.315. The van der Waals surface area contributed by atoms with Crippen LogP contribution >= 0.6 is 0 Å². The third kappa shape index (κ3) is 4.10. The number of hydrogen-bond acceptors (Lipinski definition) is 2. The van der Waals surface area contributed by atoms with Gasteiger partial charge in [-0.05, 0) is 45.7 Å². The summed E-state index contributed by atoms with van der Waals surface area (Å²) in [5, 5.41) is 6.99. The molecule has 19 heavy (non-hydrogen) atoms. The van der Waals surface area contributed by atoms with Gasteiger partial charge in [-0.15, -0.1) is 0 Å². The topological polar surface area (TPSA) is 39.7 Å². The Morgan fingerprint density at radius 3 is 2.37 bits per heavy atom. The van der Waals surface area contributed by atoms with Crippen molar-refractivity contribution >= 4 is 5.96 Å². The summed E-state index contributed by atoms with van der Waals surface area (Å²) in [6.07, 6.45) is 9.46. The van der Waals surface area contributed by atoms with Crippen LogP contribution in [0.3, 0.4) is 0 Å². The molecule has 110 valence electrons. The Kier molecular flexibility index (Phi) is 5.08. The van der Waals surface area contributed by atoms with E-state index in [1.165, 1.54) is 44.9 Å². The molecule has 0 atom stereocenters. The average Bonchev–Trinajstić information content (AvgIpc) is 3.24. The van der Waals surface area contributed by atoms with Crippen LogP contribution in [-0.4, -0.2) is 50.6 Å². The normalized spacial score (nSPS) is 23.5. The van der Waals surface area contributed by atoms with Gasteiger partial charge >= 0.3 is 0 Å². The molecule has 2 rings (SSSR count). The van der Waals surface area contributed by atoms with Gasteiger partial charge in [-0.1, -0.05) is 19.3 Å². The molecule has 4 nitrogen and oxygen atoms in total. The zero-order valence-corrected chi connectivity index (χ0v) is 12.8. The Morgan fingerprint density at radius 1 is 1.16 bits per heavy atom. The van der Waals surface area contributed by atoms with Gasteiger partial charge in [0.25, 0.3) is 0 Å². The largest absolute Gasteiger partial charge is 0.356 e. The minimum Gasteiger partial charge on any atom is -0.356 e. The van der Waals surface area contributed by atoms with Crippen molar-refractivity contribution in [3.05, 3.63) is 0 Å². The van der Waals surface area contributed by atoms with Crippen LogP contribution in [0.4, 0.5) is 0 Å². The van der Waals surface area contributed by atoms with Crippen LogP contribution in [0, 0.1) is 5.92 Å². The number of nitrogens with zero attached hydrogens (tertiary/aromatic N) is 2. The van der Waals surface area contributed by atoms with E-state index in [1.54, 1.807) is 0 Å². The quantitative estimate of drug-likeness (QED) is 0.589. The van der Waals surface area contributed by atoms with E-state index in [1.807, 2.05) is 7.05 Å². The van der Waals surface area contributed by atoms with E-state index in [-0.39, 0.29) is 0 Å². The highest BCUT2D eigenvalue weighted by molar-refractivity contribution is 5.79. The van der Waals surface area contributed by atoms with E-state index < -0.39 is 0 Å². The van der Waals surface area contributed by atoms with Crippen LogP contribution in [0.2, 0.25) is 0 Å². The highest BCUT2D eigenvalue weighted by Gasteiger charge is 2.34. The Morgan fingerprint density at radius 2 is 1.84 bits per heavy atom. The minimum atomic E-state index is 0.315. The van der Waals surface area contributed by atoms with Crippen molar-refractivity contribution in [3.8, 4) is 0 Å². The van der Waals surface area contributed by atoms with Crippen molar-refractivity contribution in [2.45, 2.75) is 50.5 Å². The Labute approximate surface area is 118 Å². The molecule has 0 aromatic heterocycles. The first-order valence-corrected chi connectivity index (χ1v) is 7.78. The van der Waals surface area contributed by atoms with Crippen LogP contribution in [-0.2, 0) is 0 Å². The lowest BCUT2D eigenvalue weighted by atomic mass is 9.80. The van der Waals surface area contributed by atoms with Crippen LogP contribution in [0.15, 0.2) is 4.99 Å². The first kappa shape index (κ1) is 14.6. The van der Waals surface area contributed by atoms with E-state index in [2.05, 4.69) is 34.6 Å². The lowest BCUT2D eigenvalue weighted by Crippen LogP contribution is -2.55. The third-order valence-electron chi connectivity index (χ3n) is 4.80. The van der Waals surface area contributed by atoms with Crippen LogP contribution < -0.4 is 10.6 Å². The smallest absolute Gasteiger partial charge is 0.191 e. The second-order valence-electron chi connectivity index (χ2n) is 6.43. The molecule has 2 aliphatic carbocycles. The fraction of sp³-hybridized carbons (Fsp3) is 0.933. The van der Waals surface area contributed by atoms with Gasteiger partial charge in [0.1, 0.15) is 0 Å². The lowest BCUT2D eigenvalue weighted by Gasteiger charge is -2.43. The lowest BCUT2D eigenvalue weighted by molar-refractivity contribution is 0.104. The molecule has 0 heterocycles. The zero-order chi connectivity index (χ0) is 13.7. The number of rotatable bonds is 5. The van der Waals surface area contributed by atoms with Crippen molar-refractivity contribution in [2.75, 3.05) is 34.2 Å². The molecule has 2 N–H and O–H groups in total. The molecule has 2 aliphatic rings. The van der Waals surface area contributed by atoms with Crippen molar-refractivity contribution in [1.82, 2.24) is 15.5 Å². The molecule has 0 bridgehead atoms. The zero-order valence-electron chi connectivity index (χ0n) is 12.8. The molecule has 2 saturated carbocycles. The standard InChI is InChI=1S/C15H30N4/c1-16-14(17-11-13-7-8-13)18-12-15(19(2)3)9-5-4-6-10-15/h13H,4-12H2,1-3H3,(H2,16,17,18). The summed E-state index contributed by atoms with van der Waals surface area (Å²) in [4.78, 5) is 6.75. The second-order valence-corrected chi connectivity index (χ2v) is 6.43. The van der Waals surface area contributed by atoms with Gasteiger partial charge in [-0.3, -0.25) is 4.99 Å². The highest BCUT2D eigenvalue weighted by atomic mass is 15.2. The maximum absolute atomic E-state index is 4.34. The number of aliphatic imine (C=N–C) groups is 1. The van der Waals surface area contributed by atoms with Gasteiger partial charge in [0.15, 0.2) is 5.96 Å². The average molecular weight is 266 g/mol. The maximum atomic E-state index is 4.34. The first-order chi connectivity index (χ1) is 9.16. The molecule has 2 fully saturated rings. The summed E-state index contributed by atoms with van der Waals surface area (Å²) < 4.78 is 0. The Balaban J connectivity index is 1.82. The van der Waals surface area contributed by atoms with E-state index in [0.717, 1.165) is 25.0 Å². The van der Waals surface area contributed by atoms with Crippen molar-refractivity contribution in [3.63, 3.8) is 0 Å². The summed E-state index contributed by atoms with van der Waals surface area (Å²) in [5.74, 6) is 1.86. The molecule has 0 amide bonds. The predicted molar refractivity (Wildman–Crippen MR) is 81.6 cm³/mol. The molecule has 0 aromatic rings. The first-order valence-electron chi connectivity index (χ1n) is 7.78. The van der Waals surface area contributed by atoms with Crippen LogP contribution in [0.5, 0.6) is 0 Å². The summed E-state index contributed by atoms with van der Waals surface area (Å²) >= 11 is 0. The van der Waals surface area contributed by atoms with Crippen molar-refractivity contribution in [1.29, 1.82) is 0 Å². The summed E-state index contributed by atoms with van der Waals surface area (Å²) in [7, 11) is 6.30. The number of guanidine groups is 1. The molecule has 4 heteroatoms. The van der Waals surface area contributed by atoms with E-state index in [9.17, 15) is 0 Å². The third-order valence-corrected chi connectivity index (χ3v) is 4.80. The molecule has 0 aromatic carbocycles. The van der Waals surface area contributed by atoms with E-state index in [4.69, 9.17) is 0 Å². The molecular formula is C15H30N4. The van der Waals surface area contributed by atoms with Gasteiger partial charge in [0, 0.05) is 25.7 Å². The molecule has 0 saturated heterocycles. The number of likely N-dealkylation sites (N-methyl/N-ethyl adjacent to an activating group) is 1. The Bertz CT molecular complexity index is 301. The number of hydrogen-bond donors (Lipinski definition) is 2. The molecular weight excluding hydrogens is 236 g/mol. The summed E-state index contributed by atoms with van der Waals surface area (Å²) in [5.41, 5.74) is 0.315. The van der Waals surface area contributed by atoms with E-state index >= 15 is 0 Å². The molecule has 0 aliphatic heterocycles. The van der Waals surface area contributed by atoms with Gasteiger partial charge in [0.05, 0.1) is 0 Å². The second kappa shape index (κ2) is 6.60. The SMILES string of the molecule is CN=C(NCC1CC1)NCC1(N(C)C)CCCCC1. The highest BCUT2D eigenvalue weighted by Crippen LogP contribution is 2.31. The monoisotopic (exact) mass is 266 g/mol.